The Labute approximate surface area is 146 Å². The van der Waals surface area contributed by atoms with E-state index < -0.39 is 0 Å². The van der Waals surface area contributed by atoms with E-state index in [0.29, 0.717) is 13.0 Å². The summed E-state index contributed by atoms with van der Waals surface area (Å²) in [4.78, 5) is 18.8. The molecule has 4 nitrogen and oxygen atoms in total. The lowest BCUT2D eigenvalue weighted by molar-refractivity contribution is -0.121. The number of fused-ring (bicyclic) bond motifs is 1. The molecule has 2 N–H and O–H groups in total. The van der Waals surface area contributed by atoms with Crippen molar-refractivity contribution in [3.8, 4) is 0 Å². The summed E-state index contributed by atoms with van der Waals surface area (Å²) in [5.74, 6) is 0.101. The fraction of sp³-hybridized carbons (Fsp3) is 0.316. The van der Waals surface area contributed by atoms with Gasteiger partial charge in [-0.1, -0.05) is 24.3 Å². The van der Waals surface area contributed by atoms with Crippen LogP contribution in [0.3, 0.4) is 0 Å². The highest BCUT2D eigenvalue weighted by Crippen LogP contribution is 2.22. The van der Waals surface area contributed by atoms with Gasteiger partial charge in [-0.25, -0.2) is 0 Å². The quantitative estimate of drug-likeness (QED) is 0.689. The molecule has 1 aromatic carbocycles. The molecule has 0 saturated carbocycles. The van der Waals surface area contributed by atoms with E-state index in [9.17, 15) is 4.79 Å². The lowest BCUT2D eigenvalue weighted by Crippen LogP contribution is -2.28. The second kappa shape index (κ2) is 7.64. The molecule has 0 unspecified atom stereocenters. The van der Waals surface area contributed by atoms with Crippen LogP contribution in [0.2, 0.25) is 0 Å². The maximum absolute atomic E-state index is 12.0. The Bertz CT molecular complexity index is 807. The number of H-pyrrole nitrogens is 1. The molecule has 126 valence electrons. The predicted octanol–water partition coefficient (Wildman–Crippen LogP) is 3.68. The molecule has 0 saturated heterocycles. The number of aryl methyl sites for hydroxylation is 1. The molecule has 0 bridgehead atoms. The van der Waals surface area contributed by atoms with E-state index in [1.807, 2.05) is 23.6 Å². The minimum Gasteiger partial charge on any atom is -0.357 e. The normalized spacial score (nSPS) is 11.3. The first-order chi connectivity index (χ1) is 11.6. The van der Waals surface area contributed by atoms with Crippen LogP contribution in [0.15, 0.2) is 41.8 Å². The van der Waals surface area contributed by atoms with Crippen LogP contribution in [-0.2, 0) is 17.9 Å². The molecule has 0 aliphatic carbocycles. The Morgan fingerprint density at radius 2 is 2.08 bits per heavy atom. The molecule has 1 amide bonds. The topological polar surface area (TPSA) is 48.1 Å². The zero-order chi connectivity index (χ0) is 16.9. The number of carbonyl (C=O) groups excluding carboxylic acids is 1. The molecule has 0 aliphatic heterocycles. The van der Waals surface area contributed by atoms with Crippen LogP contribution in [0.25, 0.3) is 10.9 Å². The molecule has 0 fully saturated rings. The van der Waals surface area contributed by atoms with Crippen molar-refractivity contribution in [2.45, 2.75) is 26.4 Å². The highest BCUT2D eigenvalue weighted by atomic mass is 32.1. The van der Waals surface area contributed by atoms with Crippen LogP contribution in [0, 0.1) is 6.92 Å². The number of aromatic nitrogens is 1. The van der Waals surface area contributed by atoms with E-state index in [-0.39, 0.29) is 5.91 Å². The van der Waals surface area contributed by atoms with Gasteiger partial charge in [-0.2, -0.15) is 0 Å². The SMILES string of the molecule is Cc1c(CN(C)CCC(=O)NCc2cccs2)[nH]c2ccccc12. The number of aromatic amines is 1. The van der Waals surface area contributed by atoms with Gasteiger partial charge in [-0.05, 0) is 37.0 Å². The molecule has 0 spiro atoms. The monoisotopic (exact) mass is 341 g/mol. The molecular weight excluding hydrogens is 318 g/mol. The zero-order valence-electron chi connectivity index (χ0n) is 14.1. The number of amides is 1. The van der Waals surface area contributed by atoms with Gasteiger partial charge in [0.05, 0.1) is 6.54 Å². The highest BCUT2D eigenvalue weighted by molar-refractivity contribution is 7.09. The standard InChI is InChI=1S/C19H23N3OS/c1-14-16-7-3-4-8-17(16)21-18(14)13-22(2)10-9-19(23)20-12-15-6-5-11-24-15/h3-8,11,21H,9-10,12-13H2,1-2H3,(H,20,23). The lowest BCUT2D eigenvalue weighted by atomic mass is 10.1. The van der Waals surface area contributed by atoms with Crippen molar-refractivity contribution >= 4 is 28.1 Å². The van der Waals surface area contributed by atoms with Crippen LogP contribution in [0.5, 0.6) is 0 Å². The molecule has 2 aromatic heterocycles. The van der Waals surface area contributed by atoms with Gasteiger partial charge in [0.15, 0.2) is 0 Å². The van der Waals surface area contributed by atoms with Crippen LogP contribution in [0.1, 0.15) is 22.6 Å². The number of hydrogen-bond donors (Lipinski definition) is 2. The van der Waals surface area contributed by atoms with E-state index in [4.69, 9.17) is 0 Å². The molecule has 3 rings (SSSR count). The Kier molecular flexibility index (Phi) is 5.33. The van der Waals surface area contributed by atoms with Crippen LogP contribution >= 0.6 is 11.3 Å². The van der Waals surface area contributed by atoms with Crippen molar-refractivity contribution in [3.05, 3.63) is 57.9 Å². The number of carbonyl (C=O) groups is 1. The van der Waals surface area contributed by atoms with E-state index in [2.05, 4.69) is 47.4 Å². The number of hydrogen-bond acceptors (Lipinski definition) is 3. The predicted molar refractivity (Wildman–Crippen MR) is 100 cm³/mol. The van der Waals surface area contributed by atoms with Gasteiger partial charge in [-0.3, -0.25) is 4.79 Å². The molecule has 0 aliphatic rings. The van der Waals surface area contributed by atoms with Crippen molar-refractivity contribution < 1.29 is 4.79 Å². The van der Waals surface area contributed by atoms with Crippen LogP contribution < -0.4 is 5.32 Å². The van der Waals surface area contributed by atoms with E-state index >= 15 is 0 Å². The van der Waals surface area contributed by atoms with Gasteiger partial charge in [0.1, 0.15) is 0 Å². The fourth-order valence-electron chi connectivity index (χ4n) is 2.82. The number of nitrogens with zero attached hydrogens (tertiary/aromatic N) is 1. The first-order valence-corrected chi connectivity index (χ1v) is 9.05. The Morgan fingerprint density at radius 3 is 2.83 bits per heavy atom. The minimum atomic E-state index is 0.101. The van der Waals surface area contributed by atoms with Crippen LogP contribution in [-0.4, -0.2) is 29.4 Å². The van der Waals surface area contributed by atoms with Gasteiger partial charge < -0.3 is 15.2 Å². The number of benzene rings is 1. The third-order valence-corrected chi connectivity index (χ3v) is 5.13. The number of thiophene rings is 1. The summed E-state index contributed by atoms with van der Waals surface area (Å²) in [7, 11) is 2.05. The average Bonchev–Trinajstić information content (AvgIpc) is 3.20. The van der Waals surface area contributed by atoms with E-state index in [0.717, 1.165) is 13.1 Å². The minimum absolute atomic E-state index is 0.101. The van der Waals surface area contributed by atoms with Gasteiger partial charge in [-0.15, -0.1) is 11.3 Å². The first-order valence-electron chi connectivity index (χ1n) is 8.17. The maximum atomic E-state index is 12.0. The third kappa shape index (κ3) is 4.04. The summed E-state index contributed by atoms with van der Waals surface area (Å²) in [6.45, 7) is 4.33. The van der Waals surface area contributed by atoms with Crippen molar-refractivity contribution in [2.75, 3.05) is 13.6 Å². The van der Waals surface area contributed by atoms with Crippen molar-refractivity contribution in [1.82, 2.24) is 15.2 Å². The Hall–Kier alpha value is -2.11. The first kappa shape index (κ1) is 16.7. The van der Waals surface area contributed by atoms with Crippen molar-refractivity contribution in [1.29, 1.82) is 0 Å². The third-order valence-electron chi connectivity index (χ3n) is 4.26. The summed E-state index contributed by atoms with van der Waals surface area (Å²) in [6.07, 6.45) is 0.515. The van der Waals surface area contributed by atoms with E-state index in [1.54, 1.807) is 11.3 Å². The molecule has 2 heterocycles. The van der Waals surface area contributed by atoms with Gasteiger partial charge >= 0.3 is 0 Å². The number of rotatable bonds is 7. The fourth-order valence-corrected chi connectivity index (χ4v) is 3.47. The second-order valence-electron chi connectivity index (χ2n) is 6.12. The molecule has 0 radical (unpaired) electrons. The van der Waals surface area contributed by atoms with E-state index in [1.165, 1.54) is 27.0 Å². The van der Waals surface area contributed by atoms with Gasteiger partial charge in [0.2, 0.25) is 5.91 Å². The smallest absolute Gasteiger partial charge is 0.221 e. The number of nitrogens with one attached hydrogen (secondary N) is 2. The van der Waals surface area contributed by atoms with Crippen molar-refractivity contribution in [2.24, 2.45) is 0 Å². The molecule has 5 heteroatoms. The van der Waals surface area contributed by atoms with Crippen LogP contribution in [0.4, 0.5) is 0 Å². The average molecular weight is 341 g/mol. The summed E-state index contributed by atoms with van der Waals surface area (Å²) >= 11 is 1.67. The lowest BCUT2D eigenvalue weighted by Gasteiger charge is -2.16. The Balaban J connectivity index is 1.48. The molecular formula is C19H23N3OS. The molecule has 3 aromatic rings. The molecule has 24 heavy (non-hydrogen) atoms. The van der Waals surface area contributed by atoms with Gasteiger partial charge in [0, 0.05) is 41.0 Å². The summed E-state index contributed by atoms with van der Waals surface area (Å²) in [6, 6.07) is 12.4. The second-order valence-corrected chi connectivity index (χ2v) is 7.15. The Morgan fingerprint density at radius 1 is 1.25 bits per heavy atom. The molecule has 0 atom stereocenters. The number of para-hydroxylation sites is 1. The van der Waals surface area contributed by atoms with Crippen molar-refractivity contribution in [3.63, 3.8) is 0 Å². The summed E-state index contributed by atoms with van der Waals surface area (Å²) < 4.78 is 0. The summed E-state index contributed by atoms with van der Waals surface area (Å²) in [5.41, 5.74) is 3.68. The zero-order valence-corrected chi connectivity index (χ0v) is 15.0. The maximum Gasteiger partial charge on any atom is 0.221 e. The van der Waals surface area contributed by atoms with Gasteiger partial charge in [0.25, 0.3) is 0 Å². The largest absolute Gasteiger partial charge is 0.357 e. The summed E-state index contributed by atoms with van der Waals surface area (Å²) in [5, 5.41) is 6.27. The highest BCUT2D eigenvalue weighted by Gasteiger charge is 2.10.